The number of fused-ring (bicyclic) bond motifs is 3. The van der Waals surface area contributed by atoms with Gasteiger partial charge in [0.1, 0.15) is 36.1 Å². The van der Waals surface area contributed by atoms with Crippen molar-refractivity contribution in [3.05, 3.63) is 90.0 Å². The number of benzene rings is 3. The third kappa shape index (κ3) is 6.88. The molecule has 6 rings (SSSR count). The van der Waals surface area contributed by atoms with Crippen molar-refractivity contribution in [2.75, 3.05) is 36.9 Å². The number of carbonyl (C=O) groups excluding carboxylic acids is 1. The number of morpholine rings is 1. The summed E-state index contributed by atoms with van der Waals surface area (Å²) >= 11 is 6.50. The van der Waals surface area contributed by atoms with Crippen LogP contribution in [0.1, 0.15) is 18.4 Å². The molecule has 2 bridgehead atoms. The number of nitrogens with zero attached hydrogens (tertiary/aromatic N) is 3. The van der Waals surface area contributed by atoms with E-state index in [0.717, 1.165) is 32.5 Å². The first-order valence-electron chi connectivity index (χ1n) is 14.1. The van der Waals surface area contributed by atoms with Crippen LogP contribution in [-0.4, -0.2) is 59.2 Å². The lowest BCUT2D eigenvalue weighted by molar-refractivity contribution is -0.111. The molecule has 43 heavy (non-hydrogen) atoms. The molecule has 3 aromatic carbocycles. The fourth-order valence-electron chi connectivity index (χ4n) is 5.41. The molecule has 0 saturated carbocycles. The lowest BCUT2D eigenvalue weighted by atomic mass is 10.1. The molecule has 3 heterocycles. The SMILES string of the molecule is C=CC(=O)Nc1cc2c(Nc3ccc(OCc4cccc(F)c4)c(Cl)c3)ncnc2cc1OCCCN1C[C@H]2C[C@@H]1CO2. The Morgan fingerprint density at radius 3 is 2.84 bits per heavy atom. The smallest absolute Gasteiger partial charge is 0.247 e. The molecule has 0 spiro atoms. The van der Waals surface area contributed by atoms with E-state index >= 15 is 0 Å². The lowest BCUT2D eigenvalue weighted by Crippen LogP contribution is -2.37. The van der Waals surface area contributed by atoms with Gasteiger partial charge in [0.15, 0.2) is 0 Å². The maximum absolute atomic E-state index is 13.5. The number of halogens is 2. The molecule has 0 radical (unpaired) electrons. The second-order valence-electron chi connectivity index (χ2n) is 10.5. The summed E-state index contributed by atoms with van der Waals surface area (Å²) in [4.78, 5) is 23.6. The second-order valence-corrected chi connectivity index (χ2v) is 10.9. The maximum atomic E-state index is 13.5. The minimum atomic E-state index is -0.357. The predicted octanol–water partition coefficient (Wildman–Crippen LogP) is 6.11. The fraction of sp³-hybridized carbons (Fsp3) is 0.281. The van der Waals surface area contributed by atoms with E-state index in [0.29, 0.717) is 68.9 Å². The van der Waals surface area contributed by atoms with Crippen LogP contribution < -0.4 is 20.1 Å². The molecule has 9 nitrogen and oxygen atoms in total. The van der Waals surface area contributed by atoms with Crippen molar-refractivity contribution in [3.8, 4) is 11.5 Å². The molecule has 2 aliphatic heterocycles. The molecular formula is C32H31ClFN5O4. The van der Waals surface area contributed by atoms with Crippen LogP contribution in [0.25, 0.3) is 10.9 Å². The number of ether oxygens (including phenoxy) is 3. The van der Waals surface area contributed by atoms with Crippen LogP contribution in [-0.2, 0) is 16.1 Å². The van der Waals surface area contributed by atoms with E-state index in [9.17, 15) is 9.18 Å². The number of nitrogens with one attached hydrogen (secondary N) is 2. The van der Waals surface area contributed by atoms with E-state index in [4.69, 9.17) is 25.8 Å². The summed E-state index contributed by atoms with van der Waals surface area (Å²) in [5.74, 6) is 0.813. The van der Waals surface area contributed by atoms with Crippen LogP contribution in [0.5, 0.6) is 11.5 Å². The van der Waals surface area contributed by atoms with Gasteiger partial charge in [-0.3, -0.25) is 9.69 Å². The third-order valence-electron chi connectivity index (χ3n) is 7.52. The van der Waals surface area contributed by atoms with E-state index in [2.05, 4.69) is 32.1 Å². The summed E-state index contributed by atoms with van der Waals surface area (Å²) in [6.07, 6.45) is 4.98. The normalized spacial score (nSPS) is 17.6. The lowest BCUT2D eigenvalue weighted by Gasteiger charge is -2.26. The molecule has 0 aliphatic carbocycles. The van der Waals surface area contributed by atoms with Crippen LogP contribution >= 0.6 is 11.6 Å². The molecule has 2 aliphatic rings. The van der Waals surface area contributed by atoms with Crippen LogP contribution in [0.15, 0.2) is 73.6 Å². The maximum Gasteiger partial charge on any atom is 0.247 e. The van der Waals surface area contributed by atoms with E-state index < -0.39 is 0 Å². The van der Waals surface area contributed by atoms with Gasteiger partial charge in [0.2, 0.25) is 5.91 Å². The average Bonchev–Trinajstić information content (AvgIpc) is 3.63. The van der Waals surface area contributed by atoms with Gasteiger partial charge < -0.3 is 24.8 Å². The van der Waals surface area contributed by atoms with Crippen molar-refractivity contribution < 1.29 is 23.4 Å². The van der Waals surface area contributed by atoms with E-state index in [-0.39, 0.29) is 18.3 Å². The van der Waals surface area contributed by atoms with E-state index in [1.807, 2.05) is 0 Å². The predicted molar refractivity (Wildman–Crippen MR) is 164 cm³/mol. The highest BCUT2D eigenvalue weighted by molar-refractivity contribution is 6.32. The van der Waals surface area contributed by atoms with Gasteiger partial charge in [-0.05, 0) is 60.9 Å². The Kier molecular flexibility index (Phi) is 8.69. The molecule has 1 aromatic heterocycles. The van der Waals surface area contributed by atoms with Gasteiger partial charge in [-0.25, -0.2) is 14.4 Å². The summed E-state index contributed by atoms with van der Waals surface area (Å²) in [5.41, 5.74) is 2.49. The van der Waals surface area contributed by atoms with Crippen molar-refractivity contribution in [2.45, 2.75) is 31.6 Å². The number of rotatable bonds is 12. The zero-order chi connectivity index (χ0) is 29.8. The Balaban J connectivity index is 1.16. The summed E-state index contributed by atoms with van der Waals surface area (Å²) < 4.78 is 31.1. The van der Waals surface area contributed by atoms with Crippen molar-refractivity contribution in [3.63, 3.8) is 0 Å². The third-order valence-corrected chi connectivity index (χ3v) is 7.81. The van der Waals surface area contributed by atoms with Crippen molar-refractivity contribution in [1.82, 2.24) is 14.9 Å². The van der Waals surface area contributed by atoms with Crippen LogP contribution in [0.3, 0.4) is 0 Å². The molecule has 2 fully saturated rings. The highest BCUT2D eigenvalue weighted by atomic mass is 35.5. The Hall–Kier alpha value is -4.25. The number of likely N-dealkylation sites (tertiary alicyclic amines) is 1. The number of aromatic nitrogens is 2. The minimum absolute atomic E-state index is 0.179. The first-order valence-corrected chi connectivity index (χ1v) is 14.5. The zero-order valence-electron chi connectivity index (χ0n) is 23.4. The second kappa shape index (κ2) is 12.9. The van der Waals surface area contributed by atoms with Crippen molar-refractivity contribution in [1.29, 1.82) is 0 Å². The number of hydrogen-bond donors (Lipinski definition) is 2. The van der Waals surface area contributed by atoms with E-state index in [1.165, 1.54) is 24.5 Å². The van der Waals surface area contributed by atoms with Gasteiger partial charge in [0.25, 0.3) is 0 Å². The van der Waals surface area contributed by atoms with Gasteiger partial charge >= 0.3 is 0 Å². The van der Waals surface area contributed by atoms with Crippen LogP contribution in [0, 0.1) is 5.82 Å². The summed E-state index contributed by atoms with van der Waals surface area (Å²) in [6.45, 7) is 6.95. The first-order chi connectivity index (χ1) is 20.9. The number of anilines is 3. The van der Waals surface area contributed by atoms with Gasteiger partial charge in [-0.1, -0.05) is 30.3 Å². The van der Waals surface area contributed by atoms with Gasteiger partial charge in [-0.2, -0.15) is 0 Å². The van der Waals surface area contributed by atoms with E-state index in [1.54, 1.807) is 42.5 Å². The quantitative estimate of drug-likeness (QED) is 0.148. The molecule has 2 atom stereocenters. The Labute approximate surface area is 253 Å². The molecule has 222 valence electrons. The highest BCUT2D eigenvalue weighted by Crippen LogP contribution is 2.35. The Morgan fingerprint density at radius 1 is 1.16 bits per heavy atom. The topological polar surface area (TPSA) is 97.8 Å². The van der Waals surface area contributed by atoms with Crippen molar-refractivity contribution >= 4 is 45.6 Å². The van der Waals surface area contributed by atoms with Gasteiger partial charge in [0, 0.05) is 36.3 Å². The fourth-order valence-corrected chi connectivity index (χ4v) is 5.64. The van der Waals surface area contributed by atoms with Crippen LogP contribution in [0.2, 0.25) is 5.02 Å². The molecule has 2 saturated heterocycles. The standard InChI is InChI=1S/C32H31ClFN5O4/c1-2-31(40)38-28-14-25-27(15-30(28)41-10-4-9-39-16-24-13-23(39)18-42-24)35-19-36-32(25)37-22-7-8-29(26(33)12-22)43-17-20-5-3-6-21(34)11-20/h2-3,5-8,11-12,14-15,19,23-24H,1,4,9-10,13,16-18H2,(H,38,40)(H,35,36,37)/t23-,24-/m1/s1. The van der Waals surface area contributed by atoms with Crippen LogP contribution in [0.4, 0.5) is 21.6 Å². The van der Waals surface area contributed by atoms with Gasteiger partial charge in [-0.15, -0.1) is 0 Å². The highest BCUT2D eigenvalue weighted by Gasteiger charge is 2.38. The first kappa shape index (κ1) is 28.9. The zero-order valence-corrected chi connectivity index (χ0v) is 24.1. The number of carbonyl (C=O) groups is 1. The number of hydrogen-bond acceptors (Lipinski definition) is 8. The summed E-state index contributed by atoms with van der Waals surface area (Å²) in [6, 6.07) is 15.5. The summed E-state index contributed by atoms with van der Waals surface area (Å²) in [5, 5.41) is 7.17. The Morgan fingerprint density at radius 2 is 2.07 bits per heavy atom. The molecule has 4 aromatic rings. The van der Waals surface area contributed by atoms with Gasteiger partial charge in [0.05, 0.1) is 35.5 Å². The molecular weight excluding hydrogens is 573 g/mol. The monoisotopic (exact) mass is 603 g/mol. The molecule has 0 unspecified atom stereocenters. The van der Waals surface area contributed by atoms with Crippen molar-refractivity contribution in [2.24, 2.45) is 0 Å². The molecule has 1 amide bonds. The number of amides is 1. The minimum Gasteiger partial charge on any atom is -0.491 e. The molecule has 2 N–H and O–H groups in total. The summed E-state index contributed by atoms with van der Waals surface area (Å²) in [7, 11) is 0. The Bertz CT molecular complexity index is 1650. The average molecular weight is 604 g/mol. The molecule has 11 heteroatoms. The largest absolute Gasteiger partial charge is 0.491 e.